The molecule has 0 aliphatic rings. The lowest BCUT2D eigenvalue weighted by molar-refractivity contribution is 0.628. The zero-order chi connectivity index (χ0) is 12.3. The highest BCUT2D eigenvalue weighted by molar-refractivity contribution is 5.60. The fourth-order valence-electron chi connectivity index (χ4n) is 1.49. The van der Waals surface area contributed by atoms with E-state index in [2.05, 4.69) is 10.4 Å². The molecule has 2 rings (SSSR count). The molecule has 0 saturated heterocycles. The van der Waals surface area contributed by atoms with Gasteiger partial charge in [0, 0.05) is 18.4 Å². The first-order chi connectivity index (χ1) is 8.21. The summed E-state index contributed by atoms with van der Waals surface area (Å²) in [5, 5.41) is 15.8. The standard InChI is InChI=1S/C12H11FN4/c1-2-17-8-12(7-15-17)16-11-4-9(6-14)3-10(13)5-11/h3-5,7-8,16H,2H2,1H3. The number of aromatic nitrogens is 2. The summed E-state index contributed by atoms with van der Waals surface area (Å²) < 4.78 is 14.9. The third kappa shape index (κ3) is 2.61. The van der Waals surface area contributed by atoms with Gasteiger partial charge in [0.1, 0.15) is 5.82 Å². The summed E-state index contributed by atoms with van der Waals surface area (Å²) in [7, 11) is 0. The molecular formula is C12H11FN4. The van der Waals surface area contributed by atoms with Crippen LogP contribution in [0.3, 0.4) is 0 Å². The molecule has 0 unspecified atom stereocenters. The van der Waals surface area contributed by atoms with Crippen molar-refractivity contribution < 1.29 is 4.39 Å². The van der Waals surface area contributed by atoms with Gasteiger partial charge in [-0.2, -0.15) is 10.4 Å². The van der Waals surface area contributed by atoms with E-state index in [0.717, 1.165) is 12.2 Å². The number of hydrogen-bond donors (Lipinski definition) is 1. The highest BCUT2D eigenvalue weighted by atomic mass is 19.1. The van der Waals surface area contributed by atoms with Crippen molar-refractivity contribution in [3.63, 3.8) is 0 Å². The quantitative estimate of drug-likeness (QED) is 0.881. The summed E-state index contributed by atoms with van der Waals surface area (Å²) >= 11 is 0. The van der Waals surface area contributed by atoms with Gasteiger partial charge in [-0.1, -0.05) is 0 Å². The van der Waals surface area contributed by atoms with Crippen molar-refractivity contribution in [3.8, 4) is 6.07 Å². The van der Waals surface area contributed by atoms with E-state index in [-0.39, 0.29) is 5.56 Å². The number of benzene rings is 1. The van der Waals surface area contributed by atoms with Crippen molar-refractivity contribution in [1.82, 2.24) is 9.78 Å². The van der Waals surface area contributed by atoms with Crippen molar-refractivity contribution in [1.29, 1.82) is 5.26 Å². The molecule has 0 bridgehead atoms. The second-order valence-corrected chi connectivity index (χ2v) is 3.55. The van der Waals surface area contributed by atoms with Crippen molar-refractivity contribution >= 4 is 11.4 Å². The zero-order valence-electron chi connectivity index (χ0n) is 9.31. The molecule has 4 nitrogen and oxygen atoms in total. The second kappa shape index (κ2) is 4.66. The van der Waals surface area contributed by atoms with Crippen LogP contribution in [0.1, 0.15) is 12.5 Å². The van der Waals surface area contributed by atoms with Gasteiger partial charge in [0.05, 0.1) is 23.5 Å². The van der Waals surface area contributed by atoms with Crippen LogP contribution in [0.5, 0.6) is 0 Å². The van der Waals surface area contributed by atoms with Crippen LogP contribution < -0.4 is 5.32 Å². The van der Waals surface area contributed by atoms with Crippen LogP contribution in [-0.4, -0.2) is 9.78 Å². The normalized spacial score (nSPS) is 9.94. The van der Waals surface area contributed by atoms with Crippen molar-refractivity contribution in [2.75, 3.05) is 5.32 Å². The maximum absolute atomic E-state index is 13.2. The molecule has 0 saturated carbocycles. The number of aryl methyl sites for hydroxylation is 1. The molecule has 1 aromatic heterocycles. The van der Waals surface area contributed by atoms with Gasteiger partial charge >= 0.3 is 0 Å². The van der Waals surface area contributed by atoms with E-state index in [4.69, 9.17) is 5.26 Å². The fraction of sp³-hybridized carbons (Fsp3) is 0.167. The van der Waals surface area contributed by atoms with Crippen LogP contribution in [0.4, 0.5) is 15.8 Å². The molecule has 1 aromatic carbocycles. The lowest BCUT2D eigenvalue weighted by atomic mass is 10.2. The smallest absolute Gasteiger partial charge is 0.126 e. The molecule has 1 N–H and O–H groups in total. The summed E-state index contributed by atoms with van der Waals surface area (Å²) in [6.45, 7) is 2.75. The minimum Gasteiger partial charge on any atom is -0.353 e. The van der Waals surface area contributed by atoms with E-state index in [9.17, 15) is 4.39 Å². The minimum atomic E-state index is -0.436. The van der Waals surface area contributed by atoms with E-state index in [1.807, 2.05) is 19.2 Å². The summed E-state index contributed by atoms with van der Waals surface area (Å²) in [6, 6.07) is 6.03. The number of nitrogens with one attached hydrogen (secondary N) is 1. The first kappa shape index (κ1) is 11.1. The maximum Gasteiger partial charge on any atom is 0.126 e. The Morgan fingerprint density at radius 1 is 1.41 bits per heavy atom. The molecule has 0 fully saturated rings. The summed E-state index contributed by atoms with van der Waals surface area (Å²) in [4.78, 5) is 0. The topological polar surface area (TPSA) is 53.6 Å². The second-order valence-electron chi connectivity index (χ2n) is 3.55. The van der Waals surface area contributed by atoms with Gasteiger partial charge in [-0.25, -0.2) is 4.39 Å². The average Bonchev–Trinajstić information content (AvgIpc) is 2.76. The summed E-state index contributed by atoms with van der Waals surface area (Å²) in [5.41, 5.74) is 1.59. The summed E-state index contributed by atoms with van der Waals surface area (Å²) in [5.74, 6) is -0.436. The number of hydrogen-bond acceptors (Lipinski definition) is 3. The first-order valence-electron chi connectivity index (χ1n) is 5.21. The Bertz CT molecular complexity index is 568. The van der Waals surface area contributed by atoms with E-state index in [1.165, 1.54) is 12.1 Å². The van der Waals surface area contributed by atoms with Gasteiger partial charge in [0.15, 0.2) is 0 Å². The number of halogens is 1. The molecule has 0 spiro atoms. The maximum atomic E-state index is 13.2. The molecule has 0 aliphatic heterocycles. The van der Waals surface area contributed by atoms with Crippen LogP contribution in [0.25, 0.3) is 0 Å². The Hall–Kier alpha value is -2.35. The number of nitrogens with zero attached hydrogens (tertiary/aromatic N) is 3. The van der Waals surface area contributed by atoms with Crippen molar-refractivity contribution in [3.05, 3.63) is 42.0 Å². The molecule has 2 aromatic rings. The Labute approximate surface area is 98.3 Å². The molecule has 86 valence electrons. The largest absolute Gasteiger partial charge is 0.353 e. The van der Waals surface area contributed by atoms with Crippen LogP contribution in [0.15, 0.2) is 30.6 Å². The van der Waals surface area contributed by atoms with Crippen LogP contribution in [0, 0.1) is 17.1 Å². The molecule has 0 atom stereocenters. The van der Waals surface area contributed by atoms with Crippen LogP contribution in [0.2, 0.25) is 0 Å². The zero-order valence-corrected chi connectivity index (χ0v) is 9.31. The average molecular weight is 230 g/mol. The molecule has 0 radical (unpaired) electrons. The van der Waals surface area contributed by atoms with Gasteiger partial charge < -0.3 is 5.32 Å². The highest BCUT2D eigenvalue weighted by Gasteiger charge is 2.02. The lowest BCUT2D eigenvalue weighted by Crippen LogP contribution is -1.93. The van der Waals surface area contributed by atoms with Crippen molar-refractivity contribution in [2.24, 2.45) is 0 Å². The SMILES string of the molecule is CCn1cc(Nc2cc(F)cc(C#N)c2)cn1. The molecule has 0 aliphatic carbocycles. The molecule has 17 heavy (non-hydrogen) atoms. The Balaban J connectivity index is 2.24. The molecule has 0 amide bonds. The van der Waals surface area contributed by atoms with Gasteiger partial charge in [0.2, 0.25) is 0 Å². The Kier molecular flexibility index (Phi) is 3.06. The first-order valence-corrected chi connectivity index (χ1v) is 5.21. The van der Waals surface area contributed by atoms with Crippen LogP contribution >= 0.6 is 0 Å². The van der Waals surface area contributed by atoms with E-state index in [1.54, 1.807) is 16.9 Å². The lowest BCUT2D eigenvalue weighted by Gasteiger charge is -2.03. The molecule has 1 heterocycles. The summed E-state index contributed by atoms with van der Waals surface area (Å²) in [6.07, 6.45) is 3.47. The number of rotatable bonds is 3. The van der Waals surface area contributed by atoms with Crippen LogP contribution in [-0.2, 0) is 6.54 Å². The molecular weight excluding hydrogens is 219 g/mol. The third-order valence-electron chi connectivity index (χ3n) is 2.27. The van der Waals surface area contributed by atoms with E-state index < -0.39 is 5.82 Å². The van der Waals surface area contributed by atoms with Gasteiger partial charge in [-0.15, -0.1) is 0 Å². The van der Waals surface area contributed by atoms with Gasteiger partial charge in [-0.3, -0.25) is 4.68 Å². The predicted molar refractivity (Wildman–Crippen MR) is 62.3 cm³/mol. The number of anilines is 2. The van der Waals surface area contributed by atoms with Crippen molar-refractivity contribution in [2.45, 2.75) is 13.5 Å². The third-order valence-corrected chi connectivity index (χ3v) is 2.27. The fourth-order valence-corrected chi connectivity index (χ4v) is 1.49. The minimum absolute atomic E-state index is 0.287. The number of nitriles is 1. The predicted octanol–water partition coefficient (Wildman–Crippen LogP) is 2.66. The highest BCUT2D eigenvalue weighted by Crippen LogP contribution is 2.18. The van der Waals surface area contributed by atoms with Gasteiger partial charge in [0.25, 0.3) is 0 Å². The monoisotopic (exact) mass is 230 g/mol. The van der Waals surface area contributed by atoms with E-state index in [0.29, 0.717) is 5.69 Å². The Morgan fingerprint density at radius 2 is 2.24 bits per heavy atom. The Morgan fingerprint density at radius 3 is 2.88 bits per heavy atom. The molecule has 5 heteroatoms. The van der Waals surface area contributed by atoms with Gasteiger partial charge in [-0.05, 0) is 25.1 Å². The van der Waals surface area contributed by atoms with E-state index >= 15 is 0 Å².